The maximum Gasteiger partial charge on any atom is 0.0348 e. The quantitative estimate of drug-likeness (QED) is 0.818. The molecule has 16 heavy (non-hydrogen) atoms. The van der Waals surface area contributed by atoms with E-state index >= 15 is 0 Å². The zero-order chi connectivity index (χ0) is 11.4. The van der Waals surface area contributed by atoms with Crippen LogP contribution in [0, 0.1) is 0 Å². The van der Waals surface area contributed by atoms with Crippen molar-refractivity contribution in [3.63, 3.8) is 0 Å². The van der Waals surface area contributed by atoms with Crippen LogP contribution in [0.15, 0.2) is 24.3 Å². The third-order valence-corrected chi connectivity index (χ3v) is 5.12. The molecule has 1 aromatic rings. The summed E-state index contributed by atoms with van der Waals surface area (Å²) in [5, 5.41) is 0.449. The predicted molar refractivity (Wildman–Crippen MR) is 69.8 cm³/mol. The van der Waals surface area contributed by atoms with E-state index in [-0.39, 0.29) is 0 Å². The van der Waals surface area contributed by atoms with Crippen molar-refractivity contribution in [3.8, 4) is 0 Å². The summed E-state index contributed by atoms with van der Waals surface area (Å²) in [6, 6.07) is 7.87. The first-order valence-corrected chi connectivity index (χ1v) is 7.36. The minimum atomic E-state index is -0.660. The van der Waals surface area contributed by atoms with Crippen LogP contribution in [-0.4, -0.2) is 15.2 Å². The van der Waals surface area contributed by atoms with E-state index in [4.69, 9.17) is 5.73 Å². The summed E-state index contributed by atoms with van der Waals surface area (Å²) in [6.07, 6.45) is 5.65. The first-order chi connectivity index (χ1) is 7.77. The highest BCUT2D eigenvalue weighted by molar-refractivity contribution is 7.85. The lowest BCUT2D eigenvalue weighted by molar-refractivity contribution is 0.668. The maximum absolute atomic E-state index is 12.0. The highest BCUT2D eigenvalue weighted by Crippen LogP contribution is 2.23. The molecule has 2 nitrogen and oxygen atoms in total. The van der Waals surface area contributed by atoms with E-state index in [1.165, 1.54) is 12.8 Å². The van der Waals surface area contributed by atoms with Gasteiger partial charge in [-0.05, 0) is 30.9 Å². The third kappa shape index (κ3) is 2.85. The van der Waals surface area contributed by atoms with Crippen LogP contribution >= 0.6 is 0 Å². The smallest absolute Gasteiger partial charge is 0.0348 e. The van der Waals surface area contributed by atoms with Crippen molar-refractivity contribution in [2.45, 2.75) is 37.4 Å². The van der Waals surface area contributed by atoms with Crippen molar-refractivity contribution in [3.05, 3.63) is 29.8 Å². The van der Waals surface area contributed by atoms with E-state index in [0.29, 0.717) is 5.25 Å². The van der Waals surface area contributed by atoms with Gasteiger partial charge < -0.3 is 5.73 Å². The van der Waals surface area contributed by atoms with Crippen molar-refractivity contribution in [1.29, 1.82) is 0 Å². The molecular formula is C13H19NOS. The van der Waals surface area contributed by atoms with Crippen molar-refractivity contribution in [2.24, 2.45) is 0 Å². The normalized spacial score (nSPS) is 18.8. The molecule has 1 fully saturated rings. The van der Waals surface area contributed by atoms with Crippen molar-refractivity contribution in [1.82, 2.24) is 0 Å². The molecule has 1 atom stereocenters. The lowest BCUT2D eigenvalue weighted by atomic mass is 10.1. The molecule has 0 bridgehead atoms. The predicted octanol–water partition coefficient (Wildman–Crippen LogP) is 2.50. The number of nitrogens with two attached hydrogens (primary N) is 1. The molecule has 1 aromatic carbocycles. The Morgan fingerprint density at radius 3 is 2.62 bits per heavy atom. The largest absolute Gasteiger partial charge is 0.399 e. The standard InChI is InChI=1S/C13H19NOS/c14-13-8-4-1-5-11(13)9-10-16(15)12-6-2-3-7-12/h1,4-5,8,12H,2-3,6-7,9-10,14H2. The van der Waals surface area contributed by atoms with Gasteiger partial charge in [0.1, 0.15) is 0 Å². The van der Waals surface area contributed by atoms with E-state index in [2.05, 4.69) is 0 Å². The average Bonchev–Trinajstić information content (AvgIpc) is 2.81. The van der Waals surface area contributed by atoms with Gasteiger partial charge in [-0.25, -0.2) is 0 Å². The highest BCUT2D eigenvalue weighted by Gasteiger charge is 2.20. The summed E-state index contributed by atoms with van der Waals surface area (Å²) in [5.41, 5.74) is 7.82. The van der Waals surface area contributed by atoms with Gasteiger partial charge in [-0.2, -0.15) is 0 Å². The Labute approximate surface area is 99.7 Å². The van der Waals surface area contributed by atoms with E-state index in [1.54, 1.807) is 0 Å². The Morgan fingerprint density at radius 2 is 1.94 bits per heavy atom. The molecule has 0 saturated heterocycles. The van der Waals surface area contributed by atoms with E-state index in [9.17, 15) is 4.21 Å². The van der Waals surface area contributed by atoms with Crippen LogP contribution in [0.3, 0.4) is 0 Å². The molecule has 0 aliphatic heterocycles. The Balaban J connectivity index is 1.87. The number of para-hydroxylation sites is 1. The first-order valence-electron chi connectivity index (χ1n) is 5.98. The van der Waals surface area contributed by atoms with Gasteiger partial charge in [0.25, 0.3) is 0 Å². The van der Waals surface area contributed by atoms with Gasteiger partial charge >= 0.3 is 0 Å². The number of anilines is 1. The zero-order valence-corrected chi connectivity index (χ0v) is 10.3. The fourth-order valence-electron chi connectivity index (χ4n) is 2.29. The first kappa shape index (κ1) is 11.6. The van der Waals surface area contributed by atoms with Gasteiger partial charge in [0, 0.05) is 27.5 Å². The number of nitrogen functional groups attached to an aromatic ring is 1. The molecule has 1 aliphatic rings. The molecule has 0 radical (unpaired) electrons. The number of rotatable bonds is 4. The van der Waals surface area contributed by atoms with E-state index in [0.717, 1.165) is 36.3 Å². The molecule has 1 unspecified atom stereocenters. The van der Waals surface area contributed by atoms with Gasteiger partial charge in [0.15, 0.2) is 0 Å². The lowest BCUT2D eigenvalue weighted by Gasteiger charge is -2.09. The average molecular weight is 237 g/mol. The molecule has 1 aliphatic carbocycles. The molecule has 0 aromatic heterocycles. The second-order valence-electron chi connectivity index (χ2n) is 4.44. The second-order valence-corrected chi connectivity index (χ2v) is 6.28. The number of hydrogen-bond donors (Lipinski definition) is 1. The maximum atomic E-state index is 12.0. The summed E-state index contributed by atoms with van der Waals surface area (Å²) in [7, 11) is -0.660. The summed E-state index contributed by atoms with van der Waals surface area (Å²) < 4.78 is 12.0. The van der Waals surface area contributed by atoms with E-state index in [1.807, 2.05) is 24.3 Å². The minimum Gasteiger partial charge on any atom is -0.399 e. The van der Waals surface area contributed by atoms with Gasteiger partial charge in [-0.1, -0.05) is 31.0 Å². The fraction of sp³-hybridized carbons (Fsp3) is 0.538. The van der Waals surface area contributed by atoms with Crippen LogP contribution in [0.5, 0.6) is 0 Å². The van der Waals surface area contributed by atoms with Gasteiger partial charge in [-0.3, -0.25) is 4.21 Å². The van der Waals surface area contributed by atoms with Crippen LogP contribution in [-0.2, 0) is 17.2 Å². The van der Waals surface area contributed by atoms with E-state index < -0.39 is 10.8 Å². The summed E-state index contributed by atoms with van der Waals surface area (Å²) in [5.74, 6) is 0.763. The SMILES string of the molecule is Nc1ccccc1CCS(=O)C1CCCC1. The summed E-state index contributed by atoms with van der Waals surface area (Å²) >= 11 is 0. The number of hydrogen-bond acceptors (Lipinski definition) is 2. The molecular weight excluding hydrogens is 218 g/mol. The van der Waals surface area contributed by atoms with Crippen LogP contribution < -0.4 is 5.73 Å². The van der Waals surface area contributed by atoms with Crippen LogP contribution in [0.25, 0.3) is 0 Å². The number of benzene rings is 1. The molecule has 88 valence electrons. The Kier molecular flexibility index (Phi) is 3.99. The van der Waals surface area contributed by atoms with Crippen molar-refractivity contribution in [2.75, 3.05) is 11.5 Å². The van der Waals surface area contributed by atoms with Gasteiger partial charge in [0.05, 0.1) is 0 Å². The molecule has 3 heteroatoms. The highest BCUT2D eigenvalue weighted by atomic mass is 32.2. The third-order valence-electron chi connectivity index (χ3n) is 3.30. The summed E-state index contributed by atoms with van der Waals surface area (Å²) in [6.45, 7) is 0. The molecule has 2 rings (SSSR count). The van der Waals surface area contributed by atoms with Crippen LogP contribution in [0.2, 0.25) is 0 Å². The molecule has 0 heterocycles. The van der Waals surface area contributed by atoms with Crippen molar-refractivity contribution < 1.29 is 4.21 Å². The summed E-state index contributed by atoms with van der Waals surface area (Å²) in [4.78, 5) is 0. The Bertz CT molecular complexity index is 372. The van der Waals surface area contributed by atoms with Crippen molar-refractivity contribution >= 4 is 16.5 Å². The lowest BCUT2D eigenvalue weighted by Crippen LogP contribution is -2.15. The molecule has 0 amide bonds. The van der Waals surface area contributed by atoms with Gasteiger partial charge in [0.2, 0.25) is 0 Å². The zero-order valence-electron chi connectivity index (χ0n) is 9.52. The molecule has 1 saturated carbocycles. The fourth-order valence-corrected chi connectivity index (χ4v) is 3.90. The number of aryl methyl sites for hydroxylation is 1. The topological polar surface area (TPSA) is 43.1 Å². The van der Waals surface area contributed by atoms with Gasteiger partial charge in [-0.15, -0.1) is 0 Å². The second kappa shape index (κ2) is 5.48. The molecule has 0 spiro atoms. The Morgan fingerprint density at radius 1 is 1.25 bits per heavy atom. The molecule has 2 N–H and O–H groups in total. The minimum absolute atomic E-state index is 0.449. The van der Waals surface area contributed by atoms with Crippen LogP contribution in [0.4, 0.5) is 5.69 Å². The van der Waals surface area contributed by atoms with Crippen LogP contribution in [0.1, 0.15) is 31.2 Å². The Hall–Kier alpha value is -0.830. The monoisotopic (exact) mass is 237 g/mol.